The van der Waals surface area contributed by atoms with Crippen molar-refractivity contribution < 1.29 is 4.79 Å². The zero-order chi connectivity index (χ0) is 9.47. The normalized spacial score (nSPS) is 44.5. The van der Waals surface area contributed by atoms with Gasteiger partial charge in [0, 0.05) is 5.41 Å². The molecule has 0 aliphatic heterocycles. The number of hydrogen-bond acceptors (Lipinski definition) is 1. The maximum atomic E-state index is 11.7. The van der Waals surface area contributed by atoms with Crippen molar-refractivity contribution in [2.45, 2.75) is 52.4 Å². The molecule has 2 aliphatic rings. The SMILES string of the molecule is CC(=O)C12CCCCC1CC(C)C2. The van der Waals surface area contributed by atoms with Gasteiger partial charge in [-0.2, -0.15) is 0 Å². The monoisotopic (exact) mass is 180 g/mol. The Labute approximate surface area is 80.9 Å². The fourth-order valence-electron chi connectivity index (χ4n) is 3.72. The Kier molecular flexibility index (Phi) is 2.21. The van der Waals surface area contributed by atoms with E-state index in [1.165, 1.54) is 38.5 Å². The second kappa shape index (κ2) is 3.11. The van der Waals surface area contributed by atoms with Gasteiger partial charge in [-0.25, -0.2) is 0 Å². The number of Topliss-reactive ketones (excluding diaryl/α,β-unsaturated/α-hetero) is 1. The highest BCUT2D eigenvalue weighted by Crippen LogP contribution is 2.54. The van der Waals surface area contributed by atoms with Crippen LogP contribution in [0.15, 0.2) is 0 Å². The summed E-state index contributed by atoms with van der Waals surface area (Å²) in [6, 6.07) is 0. The summed E-state index contributed by atoms with van der Waals surface area (Å²) >= 11 is 0. The minimum atomic E-state index is 0.123. The summed E-state index contributed by atoms with van der Waals surface area (Å²) in [5, 5.41) is 0. The molecule has 0 aromatic rings. The standard InChI is InChI=1S/C12H20O/c1-9-7-11-5-3-4-6-12(11,8-9)10(2)13/h9,11H,3-8H2,1-2H3. The van der Waals surface area contributed by atoms with Gasteiger partial charge in [0.1, 0.15) is 5.78 Å². The molecule has 0 N–H and O–H groups in total. The van der Waals surface area contributed by atoms with E-state index in [0.717, 1.165) is 11.8 Å². The van der Waals surface area contributed by atoms with Crippen LogP contribution in [-0.2, 0) is 4.79 Å². The highest BCUT2D eigenvalue weighted by molar-refractivity contribution is 5.83. The smallest absolute Gasteiger partial charge is 0.136 e. The number of hydrogen-bond donors (Lipinski definition) is 0. The maximum absolute atomic E-state index is 11.7. The van der Waals surface area contributed by atoms with E-state index in [9.17, 15) is 4.79 Å². The van der Waals surface area contributed by atoms with Crippen LogP contribution < -0.4 is 0 Å². The van der Waals surface area contributed by atoms with Gasteiger partial charge in [0.05, 0.1) is 0 Å². The maximum Gasteiger partial charge on any atom is 0.136 e. The molecule has 13 heavy (non-hydrogen) atoms. The van der Waals surface area contributed by atoms with Crippen LogP contribution in [0.5, 0.6) is 0 Å². The van der Waals surface area contributed by atoms with E-state index in [1.54, 1.807) is 0 Å². The van der Waals surface area contributed by atoms with Gasteiger partial charge >= 0.3 is 0 Å². The average molecular weight is 180 g/mol. The zero-order valence-electron chi connectivity index (χ0n) is 8.81. The third-order valence-corrected chi connectivity index (χ3v) is 4.31. The Balaban J connectivity index is 2.24. The van der Waals surface area contributed by atoms with Gasteiger partial charge in [-0.05, 0) is 44.4 Å². The summed E-state index contributed by atoms with van der Waals surface area (Å²) in [5.74, 6) is 1.99. The molecule has 0 amide bonds. The van der Waals surface area contributed by atoms with Crippen LogP contribution in [0, 0.1) is 17.3 Å². The predicted octanol–water partition coefficient (Wildman–Crippen LogP) is 3.18. The van der Waals surface area contributed by atoms with Crippen LogP contribution in [0.4, 0.5) is 0 Å². The lowest BCUT2D eigenvalue weighted by molar-refractivity contribution is -0.130. The summed E-state index contributed by atoms with van der Waals surface area (Å²) in [6.07, 6.45) is 7.60. The number of ketones is 1. The van der Waals surface area contributed by atoms with E-state index in [4.69, 9.17) is 0 Å². The van der Waals surface area contributed by atoms with Gasteiger partial charge in [0.2, 0.25) is 0 Å². The molecule has 0 spiro atoms. The van der Waals surface area contributed by atoms with Gasteiger partial charge in [0.15, 0.2) is 0 Å². The number of carbonyl (C=O) groups excluding carboxylic acids is 1. The largest absolute Gasteiger partial charge is 0.299 e. The highest BCUT2D eigenvalue weighted by Gasteiger charge is 2.49. The van der Waals surface area contributed by atoms with Gasteiger partial charge in [-0.3, -0.25) is 4.79 Å². The molecule has 2 fully saturated rings. The molecule has 74 valence electrons. The van der Waals surface area contributed by atoms with Crippen molar-refractivity contribution in [2.24, 2.45) is 17.3 Å². The lowest BCUT2D eigenvalue weighted by Gasteiger charge is -2.37. The second-order valence-corrected chi connectivity index (χ2v) is 5.20. The molecule has 0 heterocycles. The predicted molar refractivity (Wildman–Crippen MR) is 53.5 cm³/mol. The van der Waals surface area contributed by atoms with Gasteiger partial charge in [-0.15, -0.1) is 0 Å². The third kappa shape index (κ3) is 1.33. The highest BCUT2D eigenvalue weighted by atomic mass is 16.1. The Morgan fingerprint density at radius 2 is 2.15 bits per heavy atom. The van der Waals surface area contributed by atoms with Crippen molar-refractivity contribution in [2.75, 3.05) is 0 Å². The summed E-state index contributed by atoms with van der Waals surface area (Å²) in [5.41, 5.74) is 0.123. The minimum absolute atomic E-state index is 0.123. The zero-order valence-corrected chi connectivity index (χ0v) is 8.81. The summed E-state index contributed by atoms with van der Waals surface area (Å²) in [4.78, 5) is 11.7. The van der Waals surface area contributed by atoms with E-state index in [2.05, 4.69) is 6.92 Å². The number of carbonyl (C=O) groups is 1. The van der Waals surface area contributed by atoms with Gasteiger partial charge < -0.3 is 0 Å². The van der Waals surface area contributed by atoms with Crippen LogP contribution in [0.1, 0.15) is 52.4 Å². The number of rotatable bonds is 1. The van der Waals surface area contributed by atoms with E-state index >= 15 is 0 Å². The molecule has 1 heteroatoms. The molecule has 0 aromatic heterocycles. The molecule has 0 saturated heterocycles. The molecular weight excluding hydrogens is 160 g/mol. The van der Waals surface area contributed by atoms with Crippen molar-refractivity contribution >= 4 is 5.78 Å². The topological polar surface area (TPSA) is 17.1 Å². The molecule has 3 atom stereocenters. The molecule has 2 rings (SSSR count). The van der Waals surface area contributed by atoms with Crippen molar-refractivity contribution in [3.05, 3.63) is 0 Å². The molecule has 2 saturated carbocycles. The summed E-state index contributed by atoms with van der Waals surface area (Å²) in [6.45, 7) is 4.12. The first-order chi connectivity index (χ1) is 6.15. The van der Waals surface area contributed by atoms with Gasteiger partial charge in [-0.1, -0.05) is 19.8 Å². The van der Waals surface area contributed by atoms with Crippen molar-refractivity contribution in [3.8, 4) is 0 Å². The number of fused-ring (bicyclic) bond motifs is 1. The Morgan fingerprint density at radius 1 is 1.38 bits per heavy atom. The van der Waals surface area contributed by atoms with E-state index in [1.807, 2.05) is 6.92 Å². The first-order valence-corrected chi connectivity index (χ1v) is 5.66. The average Bonchev–Trinajstić information content (AvgIpc) is 2.41. The van der Waals surface area contributed by atoms with Crippen molar-refractivity contribution in [1.29, 1.82) is 0 Å². The van der Waals surface area contributed by atoms with E-state index < -0.39 is 0 Å². The van der Waals surface area contributed by atoms with Crippen LogP contribution in [0.3, 0.4) is 0 Å². The molecule has 0 radical (unpaired) electrons. The van der Waals surface area contributed by atoms with Crippen LogP contribution in [0.25, 0.3) is 0 Å². The van der Waals surface area contributed by atoms with Gasteiger partial charge in [0.25, 0.3) is 0 Å². The fourth-order valence-corrected chi connectivity index (χ4v) is 3.72. The second-order valence-electron chi connectivity index (χ2n) is 5.20. The molecule has 2 aliphatic carbocycles. The summed E-state index contributed by atoms with van der Waals surface area (Å²) in [7, 11) is 0. The van der Waals surface area contributed by atoms with Crippen molar-refractivity contribution in [3.63, 3.8) is 0 Å². The molecule has 3 unspecified atom stereocenters. The first-order valence-electron chi connectivity index (χ1n) is 5.66. The minimum Gasteiger partial charge on any atom is -0.299 e. The van der Waals surface area contributed by atoms with E-state index in [-0.39, 0.29) is 5.41 Å². The fraction of sp³-hybridized carbons (Fsp3) is 0.917. The Bertz CT molecular complexity index is 221. The third-order valence-electron chi connectivity index (χ3n) is 4.31. The molecule has 0 aromatic carbocycles. The van der Waals surface area contributed by atoms with Crippen molar-refractivity contribution in [1.82, 2.24) is 0 Å². The molecule has 1 nitrogen and oxygen atoms in total. The molecule has 0 bridgehead atoms. The van der Waals surface area contributed by atoms with Crippen LogP contribution >= 0.6 is 0 Å². The lowest BCUT2D eigenvalue weighted by atomic mass is 9.66. The lowest BCUT2D eigenvalue weighted by Crippen LogP contribution is -2.35. The molecular formula is C12H20O. The van der Waals surface area contributed by atoms with E-state index in [0.29, 0.717) is 5.78 Å². The Morgan fingerprint density at radius 3 is 2.77 bits per heavy atom. The Hall–Kier alpha value is -0.330. The first kappa shape index (κ1) is 9.23. The summed E-state index contributed by atoms with van der Waals surface area (Å²) < 4.78 is 0. The van der Waals surface area contributed by atoms with Crippen LogP contribution in [-0.4, -0.2) is 5.78 Å². The van der Waals surface area contributed by atoms with Crippen LogP contribution in [0.2, 0.25) is 0 Å². The quantitative estimate of drug-likeness (QED) is 0.605.